The molecule has 3 heteroatoms. The highest BCUT2D eigenvalue weighted by Gasteiger charge is 2.13. The van der Waals surface area contributed by atoms with Gasteiger partial charge in [-0.05, 0) is 18.1 Å². The molecule has 2 rings (SSSR count). The minimum absolute atomic E-state index is 0.494. The number of aliphatic hydroxyl groups is 1. The molecule has 0 amide bonds. The van der Waals surface area contributed by atoms with Crippen molar-refractivity contribution in [2.24, 2.45) is 0 Å². The van der Waals surface area contributed by atoms with Gasteiger partial charge in [0.15, 0.2) is 0 Å². The summed E-state index contributed by atoms with van der Waals surface area (Å²) < 4.78 is 5.66. The van der Waals surface area contributed by atoms with E-state index in [9.17, 15) is 5.11 Å². The van der Waals surface area contributed by atoms with Gasteiger partial charge in [-0.25, -0.2) is 0 Å². The van der Waals surface area contributed by atoms with Crippen molar-refractivity contribution >= 4 is 26.9 Å². The topological polar surface area (TPSA) is 33.4 Å². The molecule has 0 unspecified atom stereocenters. The number of benzene rings is 1. The van der Waals surface area contributed by atoms with Gasteiger partial charge in [-0.1, -0.05) is 41.1 Å². The Balaban J connectivity index is 2.55. The first kappa shape index (κ1) is 10.7. The lowest BCUT2D eigenvalue weighted by molar-refractivity contribution is 0.178. The standard InChI is InChI=1S/C12H13BrO2/c1-2-8-4-3-5-9-6-11(10(14)7-13)15-12(8)9/h3-6,10,14H,2,7H2,1H3/t10-/m0/s1. The van der Waals surface area contributed by atoms with E-state index in [0.717, 1.165) is 17.4 Å². The Hall–Kier alpha value is -0.800. The maximum absolute atomic E-state index is 9.65. The Kier molecular flexibility index (Phi) is 3.12. The fraction of sp³-hybridized carbons (Fsp3) is 0.333. The SMILES string of the molecule is CCc1cccc2cc([C@@H](O)CBr)oc12. The Bertz CT molecular complexity index is 462. The van der Waals surface area contributed by atoms with Gasteiger partial charge < -0.3 is 9.52 Å². The Morgan fingerprint density at radius 1 is 1.47 bits per heavy atom. The van der Waals surface area contributed by atoms with E-state index >= 15 is 0 Å². The van der Waals surface area contributed by atoms with Gasteiger partial charge in [0.1, 0.15) is 17.4 Å². The molecule has 1 aromatic heterocycles. The molecule has 0 saturated heterocycles. The third-order valence-electron chi connectivity index (χ3n) is 2.50. The monoisotopic (exact) mass is 268 g/mol. The summed E-state index contributed by atoms with van der Waals surface area (Å²) in [6, 6.07) is 7.97. The number of aliphatic hydroxyl groups excluding tert-OH is 1. The molecule has 0 saturated carbocycles. The molecule has 2 aromatic rings. The van der Waals surface area contributed by atoms with Crippen molar-refractivity contribution in [2.45, 2.75) is 19.4 Å². The second kappa shape index (κ2) is 4.37. The first-order chi connectivity index (χ1) is 7.26. The summed E-state index contributed by atoms with van der Waals surface area (Å²) in [6.45, 7) is 2.10. The van der Waals surface area contributed by atoms with Crippen LogP contribution in [0.1, 0.15) is 24.4 Å². The lowest BCUT2D eigenvalue weighted by Gasteiger charge is -2.01. The highest BCUT2D eigenvalue weighted by atomic mass is 79.9. The molecule has 1 aromatic carbocycles. The van der Waals surface area contributed by atoms with Crippen LogP contribution < -0.4 is 0 Å². The van der Waals surface area contributed by atoms with E-state index in [-0.39, 0.29) is 0 Å². The predicted octanol–water partition coefficient (Wildman–Crippen LogP) is 3.42. The van der Waals surface area contributed by atoms with E-state index in [1.165, 1.54) is 5.56 Å². The molecule has 80 valence electrons. The van der Waals surface area contributed by atoms with E-state index in [1.807, 2.05) is 18.2 Å². The summed E-state index contributed by atoms with van der Waals surface area (Å²) in [5.74, 6) is 0.628. The fourth-order valence-electron chi connectivity index (χ4n) is 1.66. The van der Waals surface area contributed by atoms with Crippen LogP contribution in [0.3, 0.4) is 0 Å². The molecule has 0 aliphatic heterocycles. The van der Waals surface area contributed by atoms with Gasteiger partial charge in [0.25, 0.3) is 0 Å². The van der Waals surface area contributed by atoms with Gasteiger partial charge in [-0.2, -0.15) is 0 Å². The summed E-state index contributed by atoms with van der Waals surface area (Å²) in [4.78, 5) is 0. The third kappa shape index (κ3) is 1.94. The first-order valence-electron chi connectivity index (χ1n) is 5.01. The normalized spacial score (nSPS) is 13.3. The van der Waals surface area contributed by atoms with Gasteiger partial charge in [0.2, 0.25) is 0 Å². The van der Waals surface area contributed by atoms with Crippen LogP contribution in [0.2, 0.25) is 0 Å². The zero-order valence-corrected chi connectivity index (χ0v) is 10.1. The molecule has 0 aliphatic rings. The molecule has 1 heterocycles. The van der Waals surface area contributed by atoms with Crippen molar-refractivity contribution in [2.75, 3.05) is 5.33 Å². The molecule has 1 N–H and O–H groups in total. The van der Waals surface area contributed by atoms with Gasteiger partial charge in [0.05, 0.1) is 0 Å². The van der Waals surface area contributed by atoms with Crippen molar-refractivity contribution in [1.82, 2.24) is 0 Å². The minimum Gasteiger partial charge on any atom is -0.458 e. The minimum atomic E-state index is -0.567. The molecule has 0 bridgehead atoms. The number of fused-ring (bicyclic) bond motifs is 1. The van der Waals surface area contributed by atoms with Crippen LogP contribution in [0.15, 0.2) is 28.7 Å². The zero-order chi connectivity index (χ0) is 10.8. The molecule has 15 heavy (non-hydrogen) atoms. The number of aryl methyl sites for hydroxylation is 1. The number of para-hydroxylation sites is 1. The Morgan fingerprint density at radius 3 is 2.93 bits per heavy atom. The first-order valence-corrected chi connectivity index (χ1v) is 6.13. The highest BCUT2D eigenvalue weighted by Crippen LogP contribution is 2.27. The number of rotatable bonds is 3. The van der Waals surface area contributed by atoms with Crippen LogP contribution in [0.25, 0.3) is 11.0 Å². The fourth-order valence-corrected chi connectivity index (χ4v) is 1.98. The molecular weight excluding hydrogens is 256 g/mol. The number of alkyl halides is 1. The maximum atomic E-state index is 9.65. The van der Waals surface area contributed by atoms with E-state index in [1.54, 1.807) is 0 Å². The zero-order valence-electron chi connectivity index (χ0n) is 8.53. The Labute approximate surface area is 97.0 Å². The molecular formula is C12H13BrO2. The third-order valence-corrected chi connectivity index (χ3v) is 3.11. The van der Waals surface area contributed by atoms with Crippen molar-refractivity contribution in [3.63, 3.8) is 0 Å². The average Bonchev–Trinajstić information content (AvgIpc) is 2.71. The van der Waals surface area contributed by atoms with E-state index in [4.69, 9.17) is 4.42 Å². The van der Waals surface area contributed by atoms with Gasteiger partial charge in [0, 0.05) is 10.7 Å². The number of furan rings is 1. The molecule has 0 fully saturated rings. The second-order valence-electron chi connectivity index (χ2n) is 3.51. The molecule has 1 atom stereocenters. The largest absolute Gasteiger partial charge is 0.458 e. The van der Waals surface area contributed by atoms with Gasteiger partial charge in [-0.15, -0.1) is 0 Å². The molecule has 0 aliphatic carbocycles. The van der Waals surface area contributed by atoms with Crippen LogP contribution >= 0.6 is 15.9 Å². The second-order valence-corrected chi connectivity index (χ2v) is 4.16. The number of hydrogen-bond donors (Lipinski definition) is 1. The van der Waals surface area contributed by atoms with Crippen LogP contribution in [0.5, 0.6) is 0 Å². The predicted molar refractivity (Wildman–Crippen MR) is 64.3 cm³/mol. The smallest absolute Gasteiger partial charge is 0.137 e. The van der Waals surface area contributed by atoms with Crippen LogP contribution in [-0.4, -0.2) is 10.4 Å². The van der Waals surface area contributed by atoms with Crippen LogP contribution in [0.4, 0.5) is 0 Å². The average molecular weight is 269 g/mol. The van der Waals surface area contributed by atoms with Crippen molar-refractivity contribution in [3.05, 3.63) is 35.6 Å². The summed E-state index contributed by atoms with van der Waals surface area (Å²) in [7, 11) is 0. The summed E-state index contributed by atoms with van der Waals surface area (Å²) >= 11 is 3.23. The van der Waals surface area contributed by atoms with Crippen LogP contribution in [0, 0.1) is 0 Å². The summed E-state index contributed by atoms with van der Waals surface area (Å²) in [5.41, 5.74) is 2.08. The molecule has 0 spiro atoms. The van der Waals surface area contributed by atoms with Crippen molar-refractivity contribution < 1.29 is 9.52 Å². The molecule has 0 radical (unpaired) electrons. The summed E-state index contributed by atoms with van der Waals surface area (Å²) in [6.07, 6.45) is 0.372. The van der Waals surface area contributed by atoms with Crippen LogP contribution in [-0.2, 0) is 6.42 Å². The quantitative estimate of drug-likeness (QED) is 0.866. The lowest BCUT2D eigenvalue weighted by atomic mass is 10.1. The highest BCUT2D eigenvalue weighted by molar-refractivity contribution is 9.09. The number of hydrogen-bond acceptors (Lipinski definition) is 2. The molecule has 2 nitrogen and oxygen atoms in total. The van der Waals surface area contributed by atoms with Gasteiger partial charge in [-0.3, -0.25) is 0 Å². The van der Waals surface area contributed by atoms with E-state index < -0.39 is 6.10 Å². The number of halogens is 1. The Morgan fingerprint density at radius 2 is 2.27 bits per heavy atom. The van der Waals surface area contributed by atoms with Crippen molar-refractivity contribution in [3.8, 4) is 0 Å². The lowest BCUT2D eigenvalue weighted by Crippen LogP contribution is -1.94. The maximum Gasteiger partial charge on any atom is 0.137 e. The van der Waals surface area contributed by atoms with E-state index in [2.05, 4.69) is 28.9 Å². The van der Waals surface area contributed by atoms with E-state index in [0.29, 0.717) is 11.1 Å². The van der Waals surface area contributed by atoms with Gasteiger partial charge >= 0.3 is 0 Å². The summed E-state index contributed by atoms with van der Waals surface area (Å²) in [5, 5.41) is 11.2. The van der Waals surface area contributed by atoms with Crippen molar-refractivity contribution in [1.29, 1.82) is 0 Å².